The molecule has 1 aliphatic carbocycles. The Labute approximate surface area is 77.9 Å². The van der Waals surface area contributed by atoms with Crippen LogP contribution in [0.25, 0.3) is 0 Å². The third kappa shape index (κ3) is 1.63. The van der Waals surface area contributed by atoms with Crippen molar-refractivity contribution >= 4 is 6.09 Å². The number of amides is 1. The van der Waals surface area contributed by atoms with E-state index in [2.05, 4.69) is 17.3 Å². The van der Waals surface area contributed by atoms with Gasteiger partial charge in [-0.05, 0) is 38.3 Å². The van der Waals surface area contributed by atoms with Gasteiger partial charge in [0.25, 0.3) is 0 Å². The maximum Gasteiger partial charge on any atom is 0.404 e. The zero-order valence-electron chi connectivity index (χ0n) is 7.92. The topological polar surface area (TPSA) is 52.6 Å². The first-order chi connectivity index (χ1) is 6.10. The summed E-state index contributed by atoms with van der Waals surface area (Å²) in [6.45, 7) is 2.31. The maximum atomic E-state index is 10.3. The van der Waals surface area contributed by atoms with Crippen molar-refractivity contribution in [3.05, 3.63) is 0 Å². The predicted molar refractivity (Wildman–Crippen MR) is 48.7 cm³/mol. The Morgan fingerprint density at radius 2 is 2.31 bits per heavy atom. The molecule has 2 N–H and O–H groups in total. The Morgan fingerprint density at radius 1 is 1.62 bits per heavy atom. The molecule has 1 amide bonds. The van der Waals surface area contributed by atoms with Gasteiger partial charge in [0, 0.05) is 12.6 Å². The van der Waals surface area contributed by atoms with Crippen molar-refractivity contribution in [1.29, 1.82) is 0 Å². The molecule has 0 unspecified atom stereocenters. The number of nitrogens with one attached hydrogen (secondary N) is 1. The van der Waals surface area contributed by atoms with Crippen molar-refractivity contribution in [2.24, 2.45) is 5.41 Å². The van der Waals surface area contributed by atoms with Crippen molar-refractivity contribution < 1.29 is 9.90 Å². The minimum Gasteiger partial charge on any atom is -0.465 e. The lowest BCUT2D eigenvalue weighted by molar-refractivity contribution is 0.0901. The number of rotatable bonds is 1. The number of likely N-dealkylation sites (tertiary alicyclic amines) is 1. The van der Waals surface area contributed by atoms with E-state index in [0.717, 1.165) is 19.4 Å². The molecule has 1 saturated heterocycles. The van der Waals surface area contributed by atoms with Crippen LogP contribution in [0, 0.1) is 5.41 Å². The number of hydrogen-bond acceptors (Lipinski definition) is 2. The summed E-state index contributed by atoms with van der Waals surface area (Å²) in [5.74, 6) is 0. The zero-order chi connectivity index (χ0) is 9.47. The number of carbonyl (C=O) groups is 1. The van der Waals surface area contributed by atoms with E-state index in [0.29, 0.717) is 5.41 Å². The summed E-state index contributed by atoms with van der Waals surface area (Å²) in [5.41, 5.74) is 0.446. The van der Waals surface area contributed by atoms with Crippen molar-refractivity contribution in [3.63, 3.8) is 0 Å². The van der Waals surface area contributed by atoms with Crippen LogP contribution in [0.4, 0.5) is 4.79 Å². The van der Waals surface area contributed by atoms with Crippen LogP contribution in [-0.2, 0) is 0 Å². The minimum absolute atomic E-state index is 0.212. The molecule has 13 heavy (non-hydrogen) atoms. The third-order valence-corrected chi connectivity index (χ3v) is 3.32. The van der Waals surface area contributed by atoms with Gasteiger partial charge in [0.15, 0.2) is 0 Å². The van der Waals surface area contributed by atoms with E-state index in [1.807, 2.05) is 0 Å². The van der Waals surface area contributed by atoms with E-state index < -0.39 is 6.09 Å². The molecule has 2 aliphatic rings. The van der Waals surface area contributed by atoms with E-state index in [9.17, 15) is 4.79 Å². The number of carboxylic acid groups (broad SMARTS) is 1. The van der Waals surface area contributed by atoms with Crippen molar-refractivity contribution in [1.82, 2.24) is 10.2 Å². The van der Waals surface area contributed by atoms with Crippen LogP contribution in [0.1, 0.15) is 19.3 Å². The molecule has 0 atom stereocenters. The quantitative estimate of drug-likeness (QED) is 0.632. The Kier molecular flexibility index (Phi) is 1.95. The van der Waals surface area contributed by atoms with E-state index in [4.69, 9.17) is 5.11 Å². The average molecular weight is 184 g/mol. The summed E-state index contributed by atoms with van der Waals surface area (Å²) < 4.78 is 0. The van der Waals surface area contributed by atoms with Crippen LogP contribution in [0.3, 0.4) is 0 Å². The standard InChI is InChI=1S/C9H16N2O2/c1-11-3-2-9(6-11)4-7(5-9)10-8(12)13/h7,10H,2-6H2,1H3,(H,12,13). The number of hydrogen-bond donors (Lipinski definition) is 2. The molecule has 0 bridgehead atoms. The second-order valence-electron chi connectivity index (χ2n) is 4.54. The largest absolute Gasteiger partial charge is 0.465 e. The van der Waals surface area contributed by atoms with Gasteiger partial charge in [-0.3, -0.25) is 0 Å². The summed E-state index contributed by atoms with van der Waals surface area (Å²) in [6.07, 6.45) is 2.42. The normalized spacial score (nSPS) is 39.0. The van der Waals surface area contributed by atoms with Gasteiger partial charge in [0.05, 0.1) is 0 Å². The van der Waals surface area contributed by atoms with E-state index in [-0.39, 0.29) is 6.04 Å². The van der Waals surface area contributed by atoms with Gasteiger partial charge in [0.1, 0.15) is 0 Å². The fourth-order valence-electron chi connectivity index (χ4n) is 2.75. The summed E-state index contributed by atoms with van der Waals surface area (Å²) >= 11 is 0. The van der Waals surface area contributed by atoms with Gasteiger partial charge in [-0.25, -0.2) is 4.79 Å². The highest BCUT2D eigenvalue weighted by Gasteiger charge is 2.47. The first-order valence-electron chi connectivity index (χ1n) is 4.78. The van der Waals surface area contributed by atoms with Gasteiger partial charge < -0.3 is 15.3 Å². The van der Waals surface area contributed by atoms with Gasteiger partial charge in [0.2, 0.25) is 0 Å². The molecule has 0 aromatic rings. The molecule has 4 nitrogen and oxygen atoms in total. The fraction of sp³-hybridized carbons (Fsp3) is 0.889. The lowest BCUT2D eigenvalue weighted by Gasteiger charge is -2.44. The average Bonchev–Trinajstić information content (AvgIpc) is 2.29. The fourth-order valence-corrected chi connectivity index (χ4v) is 2.75. The zero-order valence-corrected chi connectivity index (χ0v) is 7.92. The molecule has 0 aromatic carbocycles. The lowest BCUT2D eigenvalue weighted by Crippen LogP contribution is -2.51. The van der Waals surface area contributed by atoms with Crippen LogP contribution in [0.5, 0.6) is 0 Å². The molecular weight excluding hydrogens is 168 g/mol. The first kappa shape index (κ1) is 8.81. The Balaban J connectivity index is 1.80. The van der Waals surface area contributed by atoms with Crippen LogP contribution in [-0.4, -0.2) is 42.3 Å². The van der Waals surface area contributed by atoms with Crippen LogP contribution < -0.4 is 5.32 Å². The smallest absolute Gasteiger partial charge is 0.404 e. The van der Waals surface area contributed by atoms with Gasteiger partial charge in [-0.15, -0.1) is 0 Å². The summed E-state index contributed by atoms with van der Waals surface area (Å²) in [4.78, 5) is 12.7. The second-order valence-corrected chi connectivity index (χ2v) is 4.54. The minimum atomic E-state index is -0.883. The van der Waals surface area contributed by atoms with Gasteiger partial charge >= 0.3 is 6.09 Å². The highest BCUT2D eigenvalue weighted by atomic mass is 16.4. The molecule has 1 heterocycles. The Hall–Kier alpha value is -0.770. The first-order valence-corrected chi connectivity index (χ1v) is 4.78. The van der Waals surface area contributed by atoms with Gasteiger partial charge in [-0.2, -0.15) is 0 Å². The van der Waals surface area contributed by atoms with Crippen LogP contribution in [0.2, 0.25) is 0 Å². The third-order valence-electron chi connectivity index (χ3n) is 3.32. The van der Waals surface area contributed by atoms with E-state index >= 15 is 0 Å². The number of nitrogens with zero attached hydrogens (tertiary/aromatic N) is 1. The lowest BCUT2D eigenvalue weighted by atomic mass is 9.65. The highest BCUT2D eigenvalue weighted by molar-refractivity contribution is 5.65. The molecule has 0 radical (unpaired) electrons. The highest BCUT2D eigenvalue weighted by Crippen LogP contribution is 2.47. The molecule has 1 saturated carbocycles. The molecule has 1 aliphatic heterocycles. The SMILES string of the molecule is CN1CCC2(CC(NC(=O)O)C2)C1. The molecule has 0 aromatic heterocycles. The van der Waals surface area contributed by atoms with Crippen LogP contribution in [0.15, 0.2) is 0 Å². The summed E-state index contributed by atoms with van der Waals surface area (Å²) in [5, 5.41) is 11.1. The molecule has 4 heteroatoms. The predicted octanol–water partition coefficient (Wildman–Crippen LogP) is 0.738. The Morgan fingerprint density at radius 3 is 2.77 bits per heavy atom. The monoisotopic (exact) mass is 184 g/mol. The van der Waals surface area contributed by atoms with E-state index in [1.54, 1.807) is 0 Å². The van der Waals surface area contributed by atoms with E-state index in [1.165, 1.54) is 13.0 Å². The molecule has 1 spiro atoms. The second kappa shape index (κ2) is 2.87. The summed E-state index contributed by atoms with van der Waals surface area (Å²) in [6, 6.07) is 0.212. The van der Waals surface area contributed by atoms with Crippen molar-refractivity contribution in [2.75, 3.05) is 20.1 Å². The summed E-state index contributed by atoms with van der Waals surface area (Å²) in [7, 11) is 2.13. The molecular formula is C9H16N2O2. The van der Waals surface area contributed by atoms with Gasteiger partial charge in [-0.1, -0.05) is 0 Å². The van der Waals surface area contributed by atoms with Crippen molar-refractivity contribution in [3.8, 4) is 0 Å². The van der Waals surface area contributed by atoms with Crippen LogP contribution >= 0.6 is 0 Å². The van der Waals surface area contributed by atoms with Crippen molar-refractivity contribution in [2.45, 2.75) is 25.3 Å². The molecule has 2 fully saturated rings. The maximum absolute atomic E-state index is 10.3. The molecule has 2 rings (SSSR count). The molecule has 74 valence electrons. The Bertz CT molecular complexity index is 224.